The topological polar surface area (TPSA) is 167 Å². The number of fused-ring (bicyclic) bond motifs is 1. The average Bonchev–Trinajstić information content (AvgIpc) is 3.12. The molecule has 35 heavy (non-hydrogen) atoms. The molecule has 0 atom stereocenters. The minimum atomic E-state index is -1.03. The van der Waals surface area contributed by atoms with Gasteiger partial charge in [-0.15, -0.1) is 0 Å². The molecule has 0 aliphatic carbocycles. The molecule has 0 radical (unpaired) electrons. The van der Waals surface area contributed by atoms with Crippen molar-refractivity contribution in [1.29, 1.82) is 0 Å². The van der Waals surface area contributed by atoms with E-state index in [2.05, 4.69) is 0 Å². The lowest BCUT2D eigenvalue weighted by Gasteiger charge is -2.17. The summed E-state index contributed by atoms with van der Waals surface area (Å²) in [6, 6.07) is 13.8. The lowest BCUT2D eigenvalue weighted by atomic mass is 10.1. The number of ketones is 1. The summed E-state index contributed by atoms with van der Waals surface area (Å²) in [4.78, 5) is 72.3. The Labute approximate surface area is 195 Å². The van der Waals surface area contributed by atoms with Gasteiger partial charge in [0.15, 0.2) is 12.4 Å². The Bertz CT molecular complexity index is 1430. The van der Waals surface area contributed by atoms with Gasteiger partial charge in [0.05, 0.1) is 26.7 Å². The fraction of sp³-hybridized carbons (Fsp3) is 0.0435. The molecule has 0 spiro atoms. The fourth-order valence-corrected chi connectivity index (χ4v) is 3.54. The molecule has 1 heterocycles. The van der Waals surface area contributed by atoms with Crippen LogP contribution in [0.2, 0.25) is 0 Å². The molecule has 2 amide bonds. The molecule has 0 bridgehead atoms. The Balaban J connectivity index is 1.57. The number of para-hydroxylation sites is 1. The highest BCUT2D eigenvalue weighted by molar-refractivity contribution is 6.36. The van der Waals surface area contributed by atoms with Crippen molar-refractivity contribution in [3.8, 4) is 0 Å². The second kappa shape index (κ2) is 8.94. The second-order valence-corrected chi connectivity index (χ2v) is 7.22. The molecule has 3 aromatic rings. The monoisotopic (exact) mass is 475 g/mol. The molecular formula is C23H13N3O9. The van der Waals surface area contributed by atoms with E-state index in [4.69, 9.17) is 4.74 Å². The van der Waals surface area contributed by atoms with E-state index in [0.29, 0.717) is 4.90 Å². The summed E-state index contributed by atoms with van der Waals surface area (Å²) < 4.78 is 5.05. The summed E-state index contributed by atoms with van der Waals surface area (Å²) >= 11 is 0. The quantitative estimate of drug-likeness (QED) is 0.164. The zero-order valence-electron chi connectivity index (χ0n) is 17.6. The molecule has 1 aliphatic heterocycles. The first-order valence-corrected chi connectivity index (χ1v) is 9.90. The number of nitro benzene ring substituents is 2. The van der Waals surface area contributed by atoms with Gasteiger partial charge in [-0.3, -0.25) is 34.6 Å². The first-order valence-electron chi connectivity index (χ1n) is 9.90. The van der Waals surface area contributed by atoms with E-state index in [-0.39, 0.29) is 33.6 Å². The van der Waals surface area contributed by atoms with Gasteiger partial charge in [0.2, 0.25) is 0 Å². The molecule has 4 rings (SSSR count). The predicted octanol–water partition coefficient (Wildman–Crippen LogP) is 3.34. The van der Waals surface area contributed by atoms with Gasteiger partial charge in [0.1, 0.15) is 5.56 Å². The first-order chi connectivity index (χ1) is 16.7. The van der Waals surface area contributed by atoms with Crippen LogP contribution in [0.15, 0.2) is 66.7 Å². The Kier molecular flexibility index (Phi) is 5.85. The summed E-state index contributed by atoms with van der Waals surface area (Å²) in [7, 11) is 0. The van der Waals surface area contributed by atoms with Crippen LogP contribution in [0.4, 0.5) is 17.1 Å². The number of imide groups is 1. The molecule has 0 aromatic heterocycles. The van der Waals surface area contributed by atoms with Crippen LogP contribution in [0.25, 0.3) is 0 Å². The Hall–Kier alpha value is -5.26. The van der Waals surface area contributed by atoms with Crippen LogP contribution in [-0.4, -0.2) is 40.0 Å². The van der Waals surface area contributed by atoms with Crippen molar-refractivity contribution in [2.75, 3.05) is 11.5 Å². The van der Waals surface area contributed by atoms with E-state index in [1.165, 1.54) is 48.5 Å². The Morgan fingerprint density at radius 1 is 0.829 bits per heavy atom. The van der Waals surface area contributed by atoms with Gasteiger partial charge in [-0.2, -0.15) is 0 Å². The lowest BCUT2D eigenvalue weighted by molar-refractivity contribution is -0.385. The maximum atomic E-state index is 13.0. The van der Waals surface area contributed by atoms with Gasteiger partial charge >= 0.3 is 5.97 Å². The maximum absolute atomic E-state index is 13.0. The molecule has 12 heteroatoms. The van der Waals surface area contributed by atoms with E-state index in [1.54, 1.807) is 0 Å². The molecule has 0 N–H and O–H groups in total. The highest BCUT2D eigenvalue weighted by atomic mass is 16.6. The number of anilines is 1. The van der Waals surface area contributed by atoms with E-state index >= 15 is 0 Å². The molecule has 0 saturated heterocycles. The average molecular weight is 475 g/mol. The van der Waals surface area contributed by atoms with Gasteiger partial charge in [-0.25, -0.2) is 9.69 Å². The van der Waals surface area contributed by atoms with E-state index in [1.807, 2.05) is 0 Å². The summed E-state index contributed by atoms with van der Waals surface area (Å²) in [5, 5.41) is 22.1. The number of nitro groups is 2. The molecule has 12 nitrogen and oxygen atoms in total. The van der Waals surface area contributed by atoms with Crippen molar-refractivity contribution < 1.29 is 33.8 Å². The molecule has 1 aliphatic rings. The lowest BCUT2D eigenvalue weighted by Crippen LogP contribution is -2.31. The molecule has 0 fully saturated rings. The fourth-order valence-electron chi connectivity index (χ4n) is 3.54. The summed E-state index contributed by atoms with van der Waals surface area (Å²) in [6.07, 6.45) is 0. The van der Waals surface area contributed by atoms with Crippen molar-refractivity contribution in [1.82, 2.24) is 0 Å². The number of benzene rings is 3. The smallest absolute Gasteiger partial charge is 0.340 e. The van der Waals surface area contributed by atoms with Crippen molar-refractivity contribution in [3.05, 3.63) is 109 Å². The van der Waals surface area contributed by atoms with Crippen molar-refractivity contribution in [3.63, 3.8) is 0 Å². The first kappa shape index (κ1) is 22.9. The second-order valence-electron chi connectivity index (χ2n) is 7.22. The number of hydrogen-bond donors (Lipinski definition) is 0. The maximum Gasteiger partial charge on any atom is 0.340 e. The van der Waals surface area contributed by atoms with Crippen LogP contribution in [0.5, 0.6) is 0 Å². The van der Waals surface area contributed by atoms with Gasteiger partial charge in [0, 0.05) is 23.8 Å². The minimum absolute atomic E-state index is 0.0735. The standard InChI is InChI=1S/C23H13N3O9/c27-19(13-8-10-14(11-9-13)25(31)32)12-35-23(30)15-4-1-2-6-17(15)24-21(28)16-5-3-7-18(26(33)34)20(16)22(24)29/h1-11H,12H2. The number of ether oxygens (including phenoxy) is 1. The molecule has 0 unspecified atom stereocenters. The number of non-ortho nitro benzene ring substituents is 1. The SMILES string of the molecule is O=C(COC(=O)c1ccccc1N1C(=O)c2cccc([N+](=O)[O-])c2C1=O)c1ccc([N+](=O)[O-])cc1. The minimum Gasteiger partial charge on any atom is -0.454 e. The van der Waals surface area contributed by atoms with Crippen LogP contribution in [0.3, 0.4) is 0 Å². The van der Waals surface area contributed by atoms with E-state index < -0.39 is 45.7 Å². The van der Waals surface area contributed by atoms with Crippen LogP contribution < -0.4 is 4.90 Å². The van der Waals surface area contributed by atoms with Crippen molar-refractivity contribution in [2.45, 2.75) is 0 Å². The number of esters is 1. The molecule has 174 valence electrons. The number of Topliss-reactive ketones (excluding diaryl/α,β-unsaturated/α-hetero) is 1. The number of rotatable bonds is 7. The zero-order valence-corrected chi connectivity index (χ0v) is 17.6. The van der Waals surface area contributed by atoms with Crippen LogP contribution >= 0.6 is 0 Å². The number of carbonyl (C=O) groups is 4. The zero-order chi connectivity index (χ0) is 25.3. The number of carbonyl (C=O) groups excluding carboxylic acids is 4. The highest BCUT2D eigenvalue weighted by Crippen LogP contribution is 2.35. The molecular weight excluding hydrogens is 462 g/mol. The normalized spacial score (nSPS) is 12.3. The van der Waals surface area contributed by atoms with Crippen molar-refractivity contribution >= 4 is 40.6 Å². The Morgan fingerprint density at radius 2 is 1.51 bits per heavy atom. The Morgan fingerprint density at radius 3 is 2.17 bits per heavy atom. The third-order valence-corrected chi connectivity index (χ3v) is 5.19. The number of amides is 2. The van der Waals surface area contributed by atoms with Gasteiger partial charge in [-0.05, 0) is 30.3 Å². The third-order valence-electron chi connectivity index (χ3n) is 5.19. The van der Waals surface area contributed by atoms with Gasteiger partial charge in [-0.1, -0.05) is 18.2 Å². The van der Waals surface area contributed by atoms with E-state index in [0.717, 1.165) is 18.2 Å². The third kappa shape index (κ3) is 4.11. The van der Waals surface area contributed by atoms with Crippen molar-refractivity contribution in [2.24, 2.45) is 0 Å². The summed E-state index contributed by atoms with van der Waals surface area (Å²) in [6.45, 7) is -0.710. The number of nitrogens with zero attached hydrogens (tertiary/aromatic N) is 3. The molecule has 3 aromatic carbocycles. The van der Waals surface area contributed by atoms with Crippen LogP contribution in [0, 0.1) is 20.2 Å². The largest absolute Gasteiger partial charge is 0.454 e. The predicted molar refractivity (Wildman–Crippen MR) is 118 cm³/mol. The molecule has 0 saturated carbocycles. The van der Waals surface area contributed by atoms with E-state index in [9.17, 15) is 39.4 Å². The van der Waals surface area contributed by atoms with Gasteiger partial charge < -0.3 is 4.74 Å². The van der Waals surface area contributed by atoms with Crippen LogP contribution in [0.1, 0.15) is 41.4 Å². The van der Waals surface area contributed by atoms with Crippen LogP contribution in [-0.2, 0) is 4.74 Å². The highest BCUT2D eigenvalue weighted by Gasteiger charge is 2.43. The van der Waals surface area contributed by atoms with Gasteiger partial charge in [0.25, 0.3) is 23.2 Å². The summed E-state index contributed by atoms with van der Waals surface area (Å²) in [5.41, 5.74) is -1.64. The summed E-state index contributed by atoms with van der Waals surface area (Å²) in [5.74, 6) is -3.49. The number of hydrogen-bond acceptors (Lipinski definition) is 9.